The predicted molar refractivity (Wildman–Crippen MR) is 119 cm³/mol. The summed E-state index contributed by atoms with van der Waals surface area (Å²) >= 11 is 0. The third kappa shape index (κ3) is 3.61. The van der Waals surface area contributed by atoms with E-state index in [1.807, 2.05) is 22.8 Å². The van der Waals surface area contributed by atoms with Crippen molar-refractivity contribution in [1.29, 1.82) is 0 Å². The molecule has 3 heterocycles. The van der Waals surface area contributed by atoms with Crippen molar-refractivity contribution in [1.82, 2.24) is 40.0 Å². The zero-order valence-electron chi connectivity index (χ0n) is 17.7. The topological polar surface area (TPSA) is 89.6 Å². The smallest absolute Gasteiger partial charge is 0.205 e. The van der Waals surface area contributed by atoms with Crippen LogP contribution in [0.25, 0.3) is 28.2 Å². The second-order valence-corrected chi connectivity index (χ2v) is 7.57. The number of rotatable bonds is 7. The molecule has 0 saturated carbocycles. The van der Waals surface area contributed by atoms with Gasteiger partial charge in [0.2, 0.25) is 5.82 Å². The van der Waals surface area contributed by atoms with Gasteiger partial charge >= 0.3 is 0 Å². The third-order valence-electron chi connectivity index (χ3n) is 5.43. The van der Waals surface area contributed by atoms with E-state index in [4.69, 9.17) is 4.98 Å². The average Bonchev–Trinajstić information content (AvgIpc) is 3.54. The fraction of sp³-hybridized carbons (Fsp3) is 0.261. The summed E-state index contributed by atoms with van der Waals surface area (Å²) in [6, 6.07) is 16.7. The first-order chi connectivity index (χ1) is 15.3. The maximum atomic E-state index is 4.71. The van der Waals surface area contributed by atoms with E-state index in [1.165, 1.54) is 11.1 Å². The quantitative estimate of drug-likeness (QED) is 0.437. The Bertz CT molecular complexity index is 1300. The van der Waals surface area contributed by atoms with Crippen LogP contribution in [0.5, 0.6) is 0 Å². The zero-order valence-corrected chi connectivity index (χ0v) is 17.7. The summed E-state index contributed by atoms with van der Waals surface area (Å²) in [5.41, 5.74) is 6.57. The van der Waals surface area contributed by atoms with Gasteiger partial charge in [0.25, 0.3) is 0 Å². The van der Waals surface area contributed by atoms with E-state index in [-0.39, 0.29) is 0 Å². The fourth-order valence-corrected chi connectivity index (χ4v) is 3.91. The molecule has 1 N–H and O–H groups in total. The predicted octanol–water partition coefficient (Wildman–Crippen LogP) is 3.94. The number of aryl methyl sites for hydroxylation is 2. The number of nitrogens with one attached hydrogen (secondary N) is 1. The molecule has 0 saturated heterocycles. The standard InChI is InChI=1S/C23H24N8/c1-3-7-18-15-30(31-23(18)24-21(4-2)27-31)14-16-10-12-17(13-11-16)19-8-5-6-9-20(19)22-25-28-29-26-22/h5-6,8-13,15H,3-4,7,14H2,1-2H3,(H,25,26,28,29). The number of aromatic amines is 1. The molecule has 0 radical (unpaired) electrons. The van der Waals surface area contributed by atoms with Gasteiger partial charge in [-0.2, -0.15) is 9.84 Å². The highest BCUT2D eigenvalue weighted by atomic mass is 15.5. The Morgan fingerprint density at radius 3 is 2.48 bits per heavy atom. The molecule has 31 heavy (non-hydrogen) atoms. The molecule has 8 heteroatoms. The van der Waals surface area contributed by atoms with Crippen LogP contribution in [0.4, 0.5) is 0 Å². The Balaban J connectivity index is 1.45. The molecule has 5 rings (SSSR count). The minimum atomic E-state index is 0.593. The van der Waals surface area contributed by atoms with Crippen molar-refractivity contribution in [2.45, 2.75) is 39.7 Å². The van der Waals surface area contributed by atoms with Crippen LogP contribution in [-0.2, 0) is 19.4 Å². The Morgan fingerprint density at radius 2 is 1.77 bits per heavy atom. The Labute approximate surface area is 179 Å². The molecule has 3 aromatic heterocycles. The molecular formula is C23H24N8. The van der Waals surface area contributed by atoms with Crippen LogP contribution >= 0.6 is 0 Å². The molecule has 0 atom stereocenters. The van der Waals surface area contributed by atoms with Gasteiger partial charge in [0.05, 0.1) is 6.54 Å². The second-order valence-electron chi connectivity index (χ2n) is 7.57. The van der Waals surface area contributed by atoms with Crippen molar-refractivity contribution in [3.8, 4) is 22.5 Å². The Kier molecular flexibility index (Phi) is 5.03. The van der Waals surface area contributed by atoms with Crippen molar-refractivity contribution in [2.75, 3.05) is 0 Å². The molecule has 5 aromatic rings. The summed E-state index contributed by atoms with van der Waals surface area (Å²) in [4.78, 5) is 4.71. The molecule has 8 nitrogen and oxygen atoms in total. The van der Waals surface area contributed by atoms with Crippen LogP contribution in [0.2, 0.25) is 0 Å². The molecule has 0 aliphatic heterocycles. The van der Waals surface area contributed by atoms with Gasteiger partial charge in [-0.05, 0) is 28.3 Å². The lowest BCUT2D eigenvalue weighted by Gasteiger charge is -2.09. The van der Waals surface area contributed by atoms with Gasteiger partial charge in [0, 0.05) is 23.7 Å². The number of fused-ring (bicyclic) bond motifs is 1. The highest BCUT2D eigenvalue weighted by Gasteiger charge is 2.14. The molecule has 156 valence electrons. The third-order valence-corrected chi connectivity index (χ3v) is 5.43. The van der Waals surface area contributed by atoms with Crippen molar-refractivity contribution in [2.24, 2.45) is 0 Å². The molecule has 2 aromatic carbocycles. The average molecular weight is 413 g/mol. The van der Waals surface area contributed by atoms with Gasteiger partial charge in [-0.15, -0.1) is 15.3 Å². The molecule has 0 spiro atoms. The summed E-state index contributed by atoms with van der Waals surface area (Å²) in [6.07, 6.45) is 5.10. The largest absolute Gasteiger partial charge is 0.266 e. The van der Waals surface area contributed by atoms with Gasteiger partial charge in [-0.1, -0.05) is 68.8 Å². The van der Waals surface area contributed by atoms with Crippen LogP contribution in [0, 0.1) is 0 Å². The van der Waals surface area contributed by atoms with Gasteiger partial charge in [0.1, 0.15) is 0 Å². The lowest BCUT2D eigenvalue weighted by atomic mass is 9.98. The van der Waals surface area contributed by atoms with Gasteiger partial charge < -0.3 is 0 Å². The van der Waals surface area contributed by atoms with E-state index in [0.29, 0.717) is 5.82 Å². The van der Waals surface area contributed by atoms with Crippen molar-refractivity contribution < 1.29 is 0 Å². The number of aromatic nitrogens is 8. The summed E-state index contributed by atoms with van der Waals surface area (Å²) in [6.45, 7) is 5.01. The minimum absolute atomic E-state index is 0.593. The molecule has 0 fully saturated rings. The lowest BCUT2D eigenvalue weighted by molar-refractivity contribution is 0.580. The number of nitrogens with zero attached hydrogens (tertiary/aromatic N) is 7. The van der Waals surface area contributed by atoms with E-state index in [2.05, 4.69) is 80.8 Å². The monoisotopic (exact) mass is 412 g/mol. The number of H-pyrrole nitrogens is 1. The van der Waals surface area contributed by atoms with Crippen LogP contribution < -0.4 is 0 Å². The molecular weight excluding hydrogens is 388 g/mol. The van der Waals surface area contributed by atoms with Crippen LogP contribution in [0.15, 0.2) is 54.7 Å². The second kappa shape index (κ2) is 8.14. The van der Waals surface area contributed by atoms with E-state index >= 15 is 0 Å². The highest BCUT2D eigenvalue weighted by molar-refractivity contribution is 5.80. The summed E-state index contributed by atoms with van der Waals surface area (Å²) < 4.78 is 4.10. The van der Waals surface area contributed by atoms with Crippen molar-refractivity contribution in [3.63, 3.8) is 0 Å². The van der Waals surface area contributed by atoms with Crippen LogP contribution in [-0.4, -0.2) is 40.0 Å². The van der Waals surface area contributed by atoms with E-state index in [1.54, 1.807) is 0 Å². The molecule has 0 unspecified atom stereocenters. The number of hydrogen-bond donors (Lipinski definition) is 1. The highest BCUT2D eigenvalue weighted by Crippen LogP contribution is 2.29. The normalized spacial score (nSPS) is 11.4. The number of benzene rings is 2. The first-order valence-electron chi connectivity index (χ1n) is 10.6. The minimum Gasteiger partial charge on any atom is -0.266 e. The van der Waals surface area contributed by atoms with E-state index in [9.17, 15) is 0 Å². The Morgan fingerprint density at radius 1 is 0.968 bits per heavy atom. The van der Waals surface area contributed by atoms with E-state index < -0.39 is 0 Å². The first-order valence-corrected chi connectivity index (χ1v) is 10.6. The summed E-state index contributed by atoms with van der Waals surface area (Å²) in [7, 11) is 0. The summed E-state index contributed by atoms with van der Waals surface area (Å²) in [5.74, 6) is 1.48. The lowest BCUT2D eigenvalue weighted by Crippen LogP contribution is -2.07. The zero-order chi connectivity index (χ0) is 21.2. The van der Waals surface area contributed by atoms with Gasteiger partial charge in [-0.3, -0.25) is 4.68 Å². The molecule has 0 amide bonds. The number of tetrazole rings is 1. The van der Waals surface area contributed by atoms with E-state index in [0.717, 1.165) is 54.0 Å². The molecule has 0 aliphatic rings. The fourth-order valence-electron chi connectivity index (χ4n) is 3.91. The maximum absolute atomic E-state index is 4.71. The van der Waals surface area contributed by atoms with Crippen LogP contribution in [0.3, 0.4) is 0 Å². The molecule has 0 aliphatic carbocycles. The SMILES string of the molecule is CCCc1cn(Cc2ccc(-c3ccccc3-c3nn[nH]n3)cc2)n2nc(CC)nc12. The number of hydrogen-bond acceptors (Lipinski definition) is 5. The van der Waals surface area contributed by atoms with Gasteiger partial charge in [0.15, 0.2) is 11.5 Å². The first kappa shape index (κ1) is 19.2. The van der Waals surface area contributed by atoms with Crippen LogP contribution in [0.1, 0.15) is 37.2 Å². The summed E-state index contributed by atoms with van der Waals surface area (Å²) in [5, 5.41) is 19.2. The van der Waals surface area contributed by atoms with Crippen molar-refractivity contribution in [3.05, 3.63) is 71.7 Å². The maximum Gasteiger partial charge on any atom is 0.205 e. The van der Waals surface area contributed by atoms with Gasteiger partial charge in [-0.25, -0.2) is 4.98 Å². The van der Waals surface area contributed by atoms with Crippen molar-refractivity contribution >= 4 is 5.65 Å². The Hall–Kier alpha value is -3.81. The molecule has 0 bridgehead atoms.